The monoisotopic (exact) mass is 354 g/mol. The van der Waals surface area contributed by atoms with Crippen molar-refractivity contribution in [2.45, 2.75) is 39.7 Å². The van der Waals surface area contributed by atoms with Gasteiger partial charge in [0.05, 0.1) is 17.2 Å². The number of benzene rings is 1. The van der Waals surface area contributed by atoms with E-state index in [1.54, 1.807) is 6.20 Å². The maximum Gasteiger partial charge on any atom is 0.267 e. The third-order valence-corrected chi connectivity index (χ3v) is 5.34. The second-order valence-corrected chi connectivity index (χ2v) is 8.04. The minimum Gasteiger partial charge on any atom is -0.321 e. The molecule has 0 bridgehead atoms. The quantitative estimate of drug-likeness (QED) is 0.762. The fraction of sp³-hybridized carbons (Fsp3) is 0.316. The topological polar surface area (TPSA) is 59.8 Å². The van der Waals surface area contributed by atoms with Crippen molar-refractivity contribution in [1.29, 1.82) is 0 Å². The lowest BCUT2D eigenvalue weighted by molar-refractivity contribution is 0.103. The van der Waals surface area contributed by atoms with Crippen LogP contribution in [-0.2, 0) is 12.0 Å². The summed E-state index contributed by atoms with van der Waals surface area (Å²) < 4.78 is 1.86. The van der Waals surface area contributed by atoms with Crippen molar-refractivity contribution in [3.63, 3.8) is 0 Å². The summed E-state index contributed by atoms with van der Waals surface area (Å²) in [6.45, 7) is 8.90. The zero-order chi connectivity index (χ0) is 18.0. The standard InChI is InChI=1S/C19H22N4OS/c1-13-16(25-18(21-13)19(2,3)4)17(24)22-15-8-6-14(7-9-15)12-23-11-5-10-20-23/h5-11H,12H2,1-4H3,(H,22,24). The SMILES string of the molecule is Cc1nc(C(C)(C)C)sc1C(=O)Nc1ccc(Cn2cccn2)cc1. The Balaban J connectivity index is 1.70. The van der Waals surface area contributed by atoms with Crippen molar-refractivity contribution in [2.75, 3.05) is 5.32 Å². The minimum absolute atomic E-state index is 0.0535. The molecule has 0 aliphatic heterocycles. The molecule has 0 saturated carbocycles. The molecule has 0 radical (unpaired) electrons. The summed E-state index contributed by atoms with van der Waals surface area (Å²) in [5, 5.41) is 8.13. The molecule has 0 atom stereocenters. The highest BCUT2D eigenvalue weighted by atomic mass is 32.1. The van der Waals surface area contributed by atoms with Crippen molar-refractivity contribution in [1.82, 2.24) is 14.8 Å². The van der Waals surface area contributed by atoms with E-state index in [4.69, 9.17) is 0 Å². The molecule has 0 aliphatic carbocycles. The van der Waals surface area contributed by atoms with E-state index in [1.165, 1.54) is 11.3 Å². The Labute approximate surface area is 151 Å². The summed E-state index contributed by atoms with van der Waals surface area (Å²) in [7, 11) is 0. The molecule has 25 heavy (non-hydrogen) atoms. The summed E-state index contributed by atoms with van der Waals surface area (Å²) in [4.78, 5) is 17.8. The lowest BCUT2D eigenvalue weighted by Crippen LogP contribution is -2.11. The first-order valence-corrected chi connectivity index (χ1v) is 9.00. The van der Waals surface area contributed by atoms with E-state index in [0.29, 0.717) is 11.4 Å². The van der Waals surface area contributed by atoms with Gasteiger partial charge in [0, 0.05) is 23.5 Å². The molecule has 0 aliphatic rings. The summed E-state index contributed by atoms with van der Waals surface area (Å²) in [6.07, 6.45) is 3.69. The van der Waals surface area contributed by atoms with Gasteiger partial charge in [-0.05, 0) is 30.7 Å². The lowest BCUT2D eigenvalue weighted by Gasteiger charge is -2.13. The third kappa shape index (κ3) is 4.14. The Hall–Kier alpha value is -2.47. The molecule has 6 heteroatoms. The lowest BCUT2D eigenvalue weighted by atomic mass is 9.98. The molecule has 130 valence electrons. The highest BCUT2D eigenvalue weighted by Gasteiger charge is 2.23. The van der Waals surface area contributed by atoms with Gasteiger partial charge in [0.1, 0.15) is 4.88 Å². The largest absolute Gasteiger partial charge is 0.321 e. The number of nitrogens with zero attached hydrogens (tertiary/aromatic N) is 3. The van der Waals surface area contributed by atoms with E-state index in [2.05, 4.69) is 36.2 Å². The Kier molecular flexibility index (Phi) is 4.72. The normalized spacial score (nSPS) is 11.5. The number of anilines is 1. The molecule has 0 unspecified atom stereocenters. The van der Waals surface area contributed by atoms with Crippen LogP contribution in [0.3, 0.4) is 0 Å². The van der Waals surface area contributed by atoms with Crippen molar-refractivity contribution in [2.24, 2.45) is 0 Å². The number of thiazole rings is 1. The Morgan fingerprint density at radius 2 is 1.96 bits per heavy atom. The number of hydrogen-bond donors (Lipinski definition) is 1. The van der Waals surface area contributed by atoms with Gasteiger partial charge in [0.25, 0.3) is 5.91 Å². The Bertz CT molecular complexity index is 858. The van der Waals surface area contributed by atoms with Gasteiger partial charge in [-0.3, -0.25) is 9.48 Å². The van der Waals surface area contributed by atoms with Gasteiger partial charge in [0.15, 0.2) is 0 Å². The highest BCUT2D eigenvalue weighted by molar-refractivity contribution is 7.14. The molecule has 0 spiro atoms. The van der Waals surface area contributed by atoms with Gasteiger partial charge >= 0.3 is 0 Å². The molecular formula is C19H22N4OS. The van der Waals surface area contributed by atoms with Crippen LogP contribution in [0.15, 0.2) is 42.7 Å². The van der Waals surface area contributed by atoms with E-state index >= 15 is 0 Å². The molecule has 2 heterocycles. The molecule has 0 saturated heterocycles. The van der Waals surface area contributed by atoms with Crippen LogP contribution in [0.5, 0.6) is 0 Å². The average molecular weight is 354 g/mol. The zero-order valence-electron chi connectivity index (χ0n) is 14.9. The van der Waals surface area contributed by atoms with Crippen LogP contribution < -0.4 is 5.32 Å². The fourth-order valence-electron chi connectivity index (χ4n) is 2.39. The molecule has 2 aromatic heterocycles. The molecule has 1 N–H and O–H groups in total. The van der Waals surface area contributed by atoms with E-state index in [0.717, 1.165) is 22.0 Å². The summed E-state index contributed by atoms with van der Waals surface area (Å²) in [5.41, 5.74) is 2.63. The number of aromatic nitrogens is 3. The molecule has 5 nitrogen and oxygen atoms in total. The maximum atomic E-state index is 12.6. The fourth-order valence-corrected chi connectivity index (χ4v) is 3.41. The van der Waals surface area contributed by atoms with E-state index in [9.17, 15) is 4.79 Å². The van der Waals surface area contributed by atoms with Crippen molar-refractivity contribution >= 4 is 22.9 Å². The smallest absolute Gasteiger partial charge is 0.267 e. The average Bonchev–Trinajstić information content (AvgIpc) is 3.18. The molecule has 3 aromatic rings. The van der Waals surface area contributed by atoms with Crippen LogP contribution in [0.25, 0.3) is 0 Å². The first kappa shape index (κ1) is 17.4. The van der Waals surface area contributed by atoms with Gasteiger partial charge in [0.2, 0.25) is 0 Å². The maximum absolute atomic E-state index is 12.6. The number of carbonyl (C=O) groups excluding carboxylic acids is 1. The van der Waals surface area contributed by atoms with Crippen LogP contribution in [0.4, 0.5) is 5.69 Å². The van der Waals surface area contributed by atoms with Crippen LogP contribution in [0.2, 0.25) is 0 Å². The zero-order valence-corrected chi connectivity index (χ0v) is 15.7. The van der Waals surface area contributed by atoms with E-state index < -0.39 is 0 Å². The molecule has 3 rings (SSSR count). The van der Waals surface area contributed by atoms with Crippen molar-refractivity contribution in [3.8, 4) is 0 Å². The molecular weight excluding hydrogens is 332 g/mol. The number of carbonyl (C=O) groups is 1. The summed E-state index contributed by atoms with van der Waals surface area (Å²) >= 11 is 1.46. The van der Waals surface area contributed by atoms with Gasteiger partial charge in [-0.1, -0.05) is 32.9 Å². The number of nitrogens with one attached hydrogen (secondary N) is 1. The van der Waals surface area contributed by atoms with Crippen molar-refractivity contribution in [3.05, 3.63) is 63.9 Å². The summed E-state index contributed by atoms with van der Waals surface area (Å²) in [5.74, 6) is -0.106. The van der Waals surface area contributed by atoms with Gasteiger partial charge in [-0.2, -0.15) is 5.10 Å². The molecule has 1 amide bonds. The first-order chi connectivity index (χ1) is 11.8. The van der Waals surface area contributed by atoms with Crippen molar-refractivity contribution < 1.29 is 4.79 Å². The minimum atomic E-state index is -0.106. The summed E-state index contributed by atoms with van der Waals surface area (Å²) in [6, 6.07) is 9.72. The predicted molar refractivity (Wildman–Crippen MR) is 101 cm³/mol. The number of rotatable bonds is 4. The number of aryl methyl sites for hydroxylation is 1. The van der Waals surface area contributed by atoms with E-state index in [1.807, 2.05) is 48.1 Å². The van der Waals surface area contributed by atoms with Crippen LogP contribution in [-0.4, -0.2) is 20.7 Å². The number of hydrogen-bond acceptors (Lipinski definition) is 4. The molecule has 0 fully saturated rings. The van der Waals surface area contributed by atoms with Gasteiger partial charge in [-0.15, -0.1) is 11.3 Å². The number of amides is 1. The Morgan fingerprint density at radius 1 is 1.24 bits per heavy atom. The first-order valence-electron chi connectivity index (χ1n) is 8.18. The van der Waals surface area contributed by atoms with Crippen LogP contribution in [0, 0.1) is 6.92 Å². The second kappa shape index (κ2) is 6.80. The molecule has 1 aromatic carbocycles. The second-order valence-electron chi connectivity index (χ2n) is 7.04. The third-order valence-electron chi connectivity index (χ3n) is 3.76. The van der Waals surface area contributed by atoms with Crippen LogP contribution >= 0.6 is 11.3 Å². The van der Waals surface area contributed by atoms with Gasteiger partial charge in [-0.25, -0.2) is 4.98 Å². The van der Waals surface area contributed by atoms with Gasteiger partial charge < -0.3 is 5.32 Å². The van der Waals surface area contributed by atoms with Crippen LogP contribution in [0.1, 0.15) is 46.7 Å². The predicted octanol–water partition coefficient (Wildman–Crippen LogP) is 4.25. The highest BCUT2D eigenvalue weighted by Crippen LogP contribution is 2.29. The van der Waals surface area contributed by atoms with E-state index in [-0.39, 0.29) is 11.3 Å². The Morgan fingerprint density at radius 3 is 2.52 bits per heavy atom.